The van der Waals surface area contributed by atoms with Crippen molar-refractivity contribution in [3.8, 4) is 0 Å². The number of rotatable bonds is 1. The van der Waals surface area contributed by atoms with E-state index < -0.39 is 0 Å². The Balaban J connectivity index is 2.78. The summed E-state index contributed by atoms with van der Waals surface area (Å²) < 4.78 is 1.22. The highest BCUT2D eigenvalue weighted by atomic mass is 32.1. The largest absolute Gasteiger partial charge is 0.237 e. The van der Waals surface area contributed by atoms with Gasteiger partial charge in [-0.05, 0) is 18.2 Å². The zero-order valence-corrected chi connectivity index (χ0v) is 6.77. The smallest absolute Gasteiger partial charge is 0.116 e. The number of nitrogens with zero attached hydrogens (tertiary/aromatic N) is 1. The van der Waals surface area contributed by atoms with Gasteiger partial charge < -0.3 is 0 Å². The second-order valence-corrected chi connectivity index (χ2v) is 3.29. The maximum absolute atomic E-state index is 4.33. The van der Waals surface area contributed by atoms with E-state index in [9.17, 15) is 0 Å². The van der Waals surface area contributed by atoms with Gasteiger partial charge in [-0.25, -0.2) is 4.98 Å². The van der Waals surface area contributed by atoms with Gasteiger partial charge in [0.15, 0.2) is 0 Å². The number of fused-ring (bicyclic) bond motifs is 1. The van der Waals surface area contributed by atoms with Gasteiger partial charge in [0.1, 0.15) is 5.01 Å². The third kappa shape index (κ3) is 1.05. The number of thiazole rings is 1. The number of aromatic nitrogens is 1. The van der Waals surface area contributed by atoms with Crippen molar-refractivity contribution in [3.63, 3.8) is 0 Å². The summed E-state index contributed by atoms with van der Waals surface area (Å²) in [6.07, 6.45) is 1.78. The molecule has 54 valence electrons. The van der Waals surface area contributed by atoms with Gasteiger partial charge in [-0.15, -0.1) is 11.3 Å². The molecule has 0 aliphatic heterocycles. The Kier molecular flexibility index (Phi) is 1.47. The van der Waals surface area contributed by atoms with E-state index in [1.807, 2.05) is 18.2 Å². The Morgan fingerprint density at radius 2 is 2.18 bits per heavy atom. The van der Waals surface area contributed by atoms with E-state index in [0.29, 0.717) is 0 Å². The van der Waals surface area contributed by atoms with Gasteiger partial charge in [0.2, 0.25) is 0 Å². The molecule has 1 aromatic heterocycles. The molecule has 0 aliphatic rings. The van der Waals surface area contributed by atoms with Crippen molar-refractivity contribution in [3.05, 3.63) is 35.9 Å². The van der Waals surface area contributed by atoms with Crippen LogP contribution < -0.4 is 0 Å². The van der Waals surface area contributed by atoms with Crippen LogP contribution in [0, 0.1) is 0 Å². The van der Waals surface area contributed by atoms with Gasteiger partial charge in [0.25, 0.3) is 0 Å². The molecule has 0 atom stereocenters. The maximum atomic E-state index is 4.33. The van der Waals surface area contributed by atoms with E-state index in [-0.39, 0.29) is 0 Å². The molecule has 0 radical (unpaired) electrons. The molecule has 0 bridgehead atoms. The van der Waals surface area contributed by atoms with Crippen LogP contribution in [0.2, 0.25) is 0 Å². The van der Waals surface area contributed by atoms with Crippen LogP contribution >= 0.6 is 11.3 Å². The summed E-state index contributed by atoms with van der Waals surface area (Å²) in [5.41, 5.74) is 1.06. The third-order valence-electron chi connectivity index (χ3n) is 1.49. The molecular weight excluding hydrogens is 154 g/mol. The molecule has 0 saturated heterocycles. The summed E-state index contributed by atoms with van der Waals surface area (Å²) in [6.45, 7) is 3.67. The Morgan fingerprint density at radius 3 is 2.91 bits per heavy atom. The van der Waals surface area contributed by atoms with Crippen LogP contribution in [0.3, 0.4) is 0 Å². The fourth-order valence-corrected chi connectivity index (χ4v) is 1.79. The van der Waals surface area contributed by atoms with Crippen molar-refractivity contribution >= 4 is 27.6 Å². The van der Waals surface area contributed by atoms with Crippen LogP contribution in [0.25, 0.3) is 16.3 Å². The highest BCUT2D eigenvalue weighted by molar-refractivity contribution is 7.19. The first kappa shape index (κ1) is 6.55. The lowest BCUT2D eigenvalue weighted by Gasteiger charge is -1.80. The van der Waals surface area contributed by atoms with Crippen molar-refractivity contribution in [2.45, 2.75) is 0 Å². The summed E-state index contributed by atoms with van der Waals surface area (Å²) in [6, 6.07) is 8.10. The zero-order valence-electron chi connectivity index (χ0n) is 5.95. The van der Waals surface area contributed by atoms with E-state index in [4.69, 9.17) is 0 Å². The molecule has 1 heterocycles. The highest BCUT2D eigenvalue weighted by Crippen LogP contribution is 2.21. The monoisotopic (exact) mass is 161 g/mol. The summed E-state index contributed by atoms with van der Waals surface area (Å²) in [4.78, 5) is 4.33. The Bertz CT molecular complexity index is 356. The molecule has 0 aliphatic carbocycles. The molecule has 1 nitrogen and oxygen atoms in total. The third-order valence-corrected chi connectivity index (χ3v) is 2.52. The van der Waals surface area contributed by atoms with Crippen LogP contribution in [-0.4, -0.2) is 4.98 Å². The number of hydrogen-bond acceptors (Lipinski definition) is 2. The van der Waals surface area contributed by atoms with E-state index in [0.717, 1.165) is 10.5 Å². The Morgan fingerprint density at radius 1 is 1.36 bits per heavy atom. The van der Waals surface area contributed by atoms with Gasteiger partial charge in [0, 0.05) is 0 Å². The lowest BCUT2D eigenvalue weighted by molar-refractivity contribution is 1.46. The van der Waals surface area contributed by atoms with Gasteiger partial charge in [-0.2, -0.15) is 0 Å². The van der Waals surface area contributed by atoms with Crippen molar-refractivity contribution in [1.29, 1.82) is 0 Å². The van der Waals surface area contributed by atoms with Crippen LogP contribution in [-0.2, 0) is 0 Å². The van der Waals surface area contributed by atoms with E-state index in [2.05, 4.69) is 17.6 Å². The number of benzene rings is 1. The normalized spacial score (nSPS) is 10.2. The minimum atomic E-state index is 0.992. The number of hydrogen-bond donors (Lipinski definition) is 0. The van der Waals surface area contributed by atoms with Crippen molar-refractivity contribution < 1.29 is 0 Å². The first-order valence-electron chi connectivity index (χ1n) is 3.38. The maximum Gasteiger partial charge on any atom is 0.116 e. The number of para-hydroxylation sites is 1. The second-order valence-electron chi connectivity index (χ2n) is 2.22. The van der Waals surface area contributed by atoms with Crippen LogP contribution in [0.1, 0.15) is 5.01 Å². The van der Waals surface area contributed by atoms with Crippen LogP contribution in [0.15, 0.2) is 30.8 Å². The molecule has 2 heteroatoms. The molecule has 2 rings (SSSR count). The first-order chi connectivity index (χ1) is 5.40. The predicted molar refractivity (Wildman–Crippen MR) is 49.7 cm³/mol. The summed E-state index contributed by atoms with van der Waals surface area (Å²) >= 11 is 1.67. The average Bonchev–Trinajstić information content (AvgIpc) is 2.46. The second kappa shape index (κ2) is 2.47. The summed E-state index contributed by atoms with van der Waals surface area (Å²) in [7, 11) is 0. The van der Waals surface area contributed by atoms with Crippen molar-refractivity contribution in [2.75, 3.05) is 0 Å². The molecule has 2 aromatic rings. The van der Waals surface area contributed by atoms with Crippen LogP contribution in [0.5, 0.6) is 0 Å². The molecule has 0 unspecified atom stereocenters. The summed E-state index contributed by atoms with van der Waals surface area (Å²) in [5, 5.41) is 0.992. The molecule has 11 heavy (non-hydrogen) atoms. The van der Waals surface area contributed by atoms with Crippen LogP contribution in [0.4, 0.5) is 0 Å². The lowest BCUT2D eigenvalue weighted by Crippen LogP contribution is -1.65. The predicted octanol–water partition coefficient (Wildman–Crippen LogP) is 2.94. The topological polar surface area (TPSA) is 12.9 Å². The molecule has 1 aromatic carbocycles. The fourth-order valence-electron chi connectivity index (χ4n) is 0.977. The van der Waals surface area contributed by atoms with Gasteiger partial charge in [-0.3, -0.25) is 0 Å². The van der Waals surface area contributed by atoms with Gasteiger partial charge in [-0.1, -0.05) is 18.7 Å². The van der Waals surface area contributed by atoms with E-state index >= 15 is 0 Å². The summed E-state index contributed by atoms with van der Waals surface area (Å²) in [5.74, 6) is 0. The standard InChI is InChI=1S/C9H7NS/c1-2-9-10-7-5-3-4-6-8(7)11-9/h2-6H,1H2. The Labute approximate surface area is 69.0 Å². The van der Waals surface area contributed by atoms with E-state index in [1.54, 1.807) is 17.4 Å². The lowest BCUT2D eigenvalue weighted by atomic mass is 10.3. The molecule has 0 saturated carbocycles. The molecule has 0 spiro atoms. The fraction of sp³-hybridized carbons (Fsp3) is 0. The molecule has 0 N–H and O–H groups in total. The minimum Gasteiger partial charge on any atom is -0.237 e. The SMILES string of the molecule is C=Cc1nc2ccccc2s1. The first-order valence-corrected chi connectivity index (χ1v) is 4.20. The van der Waals surface area contributed by atoms with Crippen molar-refractivity contribution in [2.24, 2.45) is 0 Å². The highest BCUT2D eigenvalue weighted by Gasteiger charge is 1.97. The molecule has 0 amide bonds. The zero-order chi connectivity index (χ0) is 7.68. The molecule has 0 fully saturated rings. The van der Waals surface area contributed by atoms with Gasteiger partial charge >= 0.3 is 0 Å². The quantitative estimate of drug-likeness (QED) is 0.626. The molecular formula is C9H7NS. The minimum absolute atomic E-state index is 0.992. The Hall–Kier alpha value is -1.15. The van der Waals surface area contributed by atoms with Crippen molar-refractivity contribution in [1.82, 2.24) is 4.98 Å². The average molecular weight is 161 g/mol. The van der Waals surface area contributed by atoms with E-state index in [1.165, 1.54) is 4.70 Å². The van der Waals surface area contributed by atoms with Gasteiger partial charge in [0.05, 0.1) is 10.2 Å².